The van der Waals surface area contributed by atoms with Crippen LogP contribution in [0.2, 0.25) is 5.02 Å². The number of ether oxygens (including phenoxy) is 1. The summed E-state index contributed by atoms with van der Waals surface area (Å²) in [6.07, 6.45) is 0.529. The molecule has 168 valence electrons. The summed E-state index contributed by atoms with van der Waals surface area (Å²) in [6.45, 7) is 4.13. The molecular formula is C26H24ClN3O2S. The summed E-state index contributed by atoms with van der Waals surface area (Å²) in [5.41, 5.74) is 6.48. The van der Waals surface area contributed by atoms with Crippen LogP contribution in [0.15, 0.2) is 70.6 Å². The number of nitrogens with one attached hydrogen (secondary N) is 1. The van der Waals surface area contributed by atoms with Crippen LogP contribution in [0.5, 0.6) is 5.75 Å². The van der Waals surface area contributed by atoms with E-state index in [1.165, 1.54) is 11.8 Å². The summed E-state index contributed by atoms with van der Waals surface area (Å²) in [7, 11) is 1.58. The summed E-state index contributed by atoms with van der Waals surface area (Å²) in [5.74, 6) is 0.728. The number of fused-ring (bicyclic) bond motifs is 1. The van der Waals surface area contributed by atoms with Crippen LogP contribution in [0.1, 0.15) is 23.1 Å². The summed E-state index contributed by atoms with van der Waals surface area (Å²) in [4.78, 5) is 22.5. The maximum Gasteiger partial charge on any atom is 0.234 e. The van der Waals surface area contributed by atoms with Gasteiger partial charge < -0.3 is 10.1 Å². The van der Waals surface area contributed by atoms with Crippen molar-refractivity contribution in [2.24, 2.45) is 9.98 Å². The van der Waals surface area contributed by atoms with Crippen molar-refractivity contribution < 1.29 is 9.53 Å². The molecule has 0 fully saturated rings. The topological polar surface area (TPSA) is 63.0 Å². The van der Waals surface area contributed by atoms with Crippen molar-refractivity contribution in [2.75, 3.05) is 18.2 Å². The quantitative estimate of drug-likeness (QED) is 0.435. The molecule has 0 saturated heterocycles. The molecule has 1 heterocycles. The Morgan fingerprint density at radius 2 is 1.70 bits per heavy atom. The van der Waals surface area contributed by atoms with E-state index < -0.39 is 0 Å². The highest BCUT2D eigenvalue weighted by atomic mass is 35.5. The van der Waals surface area contributed by atoms with Gasteiger partial charge >= 0.3 is 0 Å². The third-order valence-corrected chi connectivity index (χ3v) is 6.57. The van der Waals surface area contributed by atoms with Gasteiger partial charge in [0, 0.05) is 11.4 Å². The van der Waals surface area contributed by atoms with Crippen molar-refractivity contribution in [3.8, 4) is 5.75 Å². The minimum Gasteiger partial charge on any atom is -0.495 e. The molecular weight excluding hydrogens is 454 g/mol. The highest BCUT2D eigenvalue weighted by molar-refractivity contribution is 8.14. The van der Waals surface area contributed by atoms with Crippen LogP contribution in [0, 0.1) is 13.8 Å². The van der Waals surface area contributed by atoms with Gasteiger partial charge in [-0.15, -0.1) is 11.8 Å². The molecule has 3 aromatic carbocycles. The number of nitrogens with zero attached hydrogens (tertiary/aromatic N) is 2. The predicted octanol–water partition coefficient (Wildman–Crippen LogP) is 6.89. The van der Waals surface area contributed by atoms with E-state index in [1.54, 1.807) is 7.11 Å². The molecule has 0 atom stereocenters. The van der Waals surface area contributed by atoms with Crippen molar-refractivity contribution in [3.05, 3.63) is 82.4 Å². The van der Waals surface area contributed by atoms with Crippen LogP contribution in [0.4, 0.5) is 17.1 Å². The highest BCUT2D eigenvalue weighted by Gasteiger charge is 2.18. The van der Waals surface area contributed by atoms with E-state index >= 15 is 0 Å². The Bertz CT molecular complexity index is 1250. The van der Waals surface area contributed by atoms with E-state index in [9.17, 15) is 4.79 Å². The lowest BCUT2D eigenvalue weighted by Crippen LogP contribution is -2.16. The normalized spacial score (nSPS) is 12.8. The van der Waals surface area contributed by atoms with Crippen molar-refractivity contribution >= 4 is 57.1 Å². The number of hydrogen-bond acceptors (Lipinski definition) is 5. The monoisotopic (exact) mass is 477 g/mol. The second-order valence-electron chi connectivity index (χ2n) is 7.71. The maximum absolute atomic E-state index is 12.7. The average Bonchev–Trinajstić information content (AvgIpc) is 2.98. The number of para-hydroxylation sites is 2. The minimum atomic E-state index is -0.123. The number of aryl methyl sites for hydroxylation is 2. The van der Waals surface area contributed by atoms with Gasteiger partial charge in [0.25, 0.3) is 0 Å². The number of halogens is 1. The molecule has 0 radical (unpaired) electrons. The molecule has 1 aliphatic heterocycles. The molecule has 0 bridgehead atoms. The maximum atomic E-state index is 12.7. The van der Waals surface area contributed by atoms with Crippen LogP contribution >= 0.6 is 23.4 Å². The van der Waals surface area contributed by atoms with E-state index in [0.29, 0.717) is 22.9 Å². The van der Waals surface area contributed by atoms with Crippen molar-refractivity contribution in [3.63, 3.8) is 0 Å². The first-order valence-electron chi connectivity index (χ1n) is 10.5. The molecule has 1 N–H and O–H groups in total. The second kappa shape index (κ2) is 10.2. The summed E-state index contributed by atoms with van der Waals surface area (Å²) >= 11 is 7.50. The zero-order valence-corrected chi connectivity index (χ0v) is 20.3. The SMILES string of the molecule is COc1ccccc1NC(=O)CSC1=Nc2cc(C)c(C)cc2N=C(c2ccc(Cl)cc2)C1. The average molecular weight is 478 g/mol. The number of thioether (sulfide) groups is 1. The molecule has 0 saturated carbocycles. The number of methoxy groups -OCH3 is 1. The third-order valence-electron chi connectivity index (χ3n) is 5.34. The van der Waals surface area contributed by atoms with Gasteiger partial charge in [-0.25, -0.2) is 4.99 Å². The van der Waals surface area contributed by atoms with Crippen molar-refractivity contribution in [2.45, 2.75) is 20.3 Å². The number of benzene rings is 3. The smallest absolute Gasteiger partial charge is 0.234 e. The van der Waals surface area contributed by atoms with Gasteiger partial charge in [-0.05, 0) is 66.9 Å². The summed E-state index contributed by atoms with van der Waals surface area (Å²) in [6, 6.07) is 19.1. The summed E-state index contributed by atoms with van der Waals surface area (Å²) < 4.78 is 5.32. The molecule has 0 aliphatic carbocycles. The van der Waals surface area contributed by atoms with Crippen LogP contribution in [0.3, 0.4) is 0 Å². The van der Waals surface area contributed by atoms with Crippen LogP contribution in [-0.4, -0.2) is 29.5 Å². The molecule has 33 heavy (non-hydrogen) atoms. The lowest BCUT2D eigenvalue weighted by atomic mass is 10.1. The van der Waals surface area contributed by atoms with Gasteiger partial charge in [-0.1, -0.05) is 35.9 Å². The number of hydrogen-bond donors (Lipinski definition) is 1. The first-order valence-corrected chi connectivity index (χ1v) is 11.9. The molecule has 1 amide bonds. The minimum absolute atomic E-state index is 0.123. The predicted molar refractivity (Wildman–Crippen MR) is 139 cm³/mol. The number of anilines is 1. The van der Waals surface area contributed by atoms with Gasteiger partial charge in [-0.2, -0.15) is 0 Å². The Balaban J connectivity index is 1.58. The Morgan fingerprint density at radius 1 is 1.03 bits per heavy atom. The first kappa shape index (κ1) is 23.1. The van der Waals surface area contributed by atoms with E-state index in [0.717, 1.165) is 38.8 Å². The fourth-order valence-electron chi connectivity index (χ4n) is 3.44. The van der Waals surface area contributed by atoms with E-state index in [1.807, 2.05) is 48.5 Å². The Kier molecular flexibility index (Phi) is 7.16. The fourth-order valence-corrected chi connectivity index (χ4v) is 4.34. The van der Waals surface area contributed by atoms with Crippen molar-refractivity contribution in [1.82, 2.24) is 0 Å². The number of amides is 1. The van der Waals surface area contributed by atoms with E-state index in [4.69, 9.17) is 26.3 Å². The molecule has 3 aromatic rings. The van der Waals surface area contributed by atoms with Crippen molar-refractivity contribution in [1.29, 1.82) is 0 Å². The van der Waals surface area contributed by atoms with Gasteiger partial charge in [0.15, 0.2) is 0 Å². The number of rotatable bonds is 5. The molecule has 4 rings (SSSR count). The van der Waals surface area contributed by atoms with E-state index in [-0.39, 0.29) is 11.7 Å². The third kappa shape index (κ3) is 5.64. The van der Waals surface area contributed by atoms with Crippen LogP contribution in [-0.2, 0) is 4.79 Å². The van der Waals surface area contributed by atoms with Gasteiger partial charge in [0.1, 0.15) is 5.75 Å². The Hall–Kier alpha value is -3.09. The lowest BCUT2D eigenvalue weighted by Gasteiger charge is -2.10. The summed E-state index contributed by atoms with van der Waals surface area (Å²) in [5, 5.41) is 4.43. The first-order chi connectivity index (χ1) is 15.9. The molecule has 7 heteroatoms. The van der Waals surface area contributed by atoms with E-state index in [2.05, 4.69) is 31.3 Å². The molecule has 1 aliphatic rings. The van der Waals surface area contributed by atoms with Gasteiger partial charge in [-0.3, -0.25) is 9.79 Å². The Labute approximate surface area is 203 Å². The lowest BCUT2D eigenvalue weighted by molar-refractivity contribution is -0.113. The molecule has 5 nitrogen and oxygen atoms in total. The number of aliphatic imine (C=N–C) groups is 2. The van der Waals surface area contributed by atoms with Gasteiger partial charge in [0.05, 0.1) is 40.7 Å². The fraction of sp³-hybridized carbons (Fsp3) is 0.192. The van der Waals surface area contributed by atoms with Crippen LogP contribution in [0.25, 0.3) is 0 Å². The molecule has 0 unspecified atom stereocenters. The standard InChI is InChI=1S/C26H24ClN3O2S/c1-16-12-22-23(13-17(16)2)30-26(14-21(28-22)18-8-10-19(27)11-9-18)33-15-25(31)29-20-6-4-5-7-24(20)32-3/h4-13H,14-15H2,1-3H3,(H,29,31). The molecule has 0 aromatic heterocycles. The van der Waals surface area contributed by atoms with Crippen LogP contribution < -0.4 is 10.1 Å². The second-order valence-corrected chi connectivity index (χ2v) is 9.20. The largest absolute Gasteiger partial charge is 0.495 e. The number of carbonyl (C=O) groups excluding carboxylic acids is 1. The van der Waals surface area contributed by atoms with Gasteiger partial charge in [0.2, 0.25) is 5.91 Å². The highest BCUT2D eigenvalue weighted by Crippen LogP contribution is 2.36. The Morgan fingerprint density at radius 3 is 2.39 bits per heavy atom. The molecule has 0 spiro atoms. The number of carbonyl (C=O) groups is 1. The zero-order valence-electron chi connectivity index (χ0n) is 18.7. The zero-order chi connectivity index (χ0) is 23.4.